The first-order valence-electron chi connectivity index (χ1n) is 16.7. The first-order valence-corrected chi connectivity index (χ1v) is 16.7. The molecule has 0 saturated heterocycles. The monoisotopic (exact) mass is 694 g/mol. The molecule has 0 fully saturated rings. The number of fused-ring (bicyclic) bond motifs is 2. The van der Waals surface area contributed by atoms with Crippen LogP contribution in [0.5, 0.6) is 51.7 Å². The quantitative estimate of drug-likeness (QED) is 0.0871. The van der Waals surface area contributed by atoms with Gasteiger partial charge in [-0.25, -0.2) is 0 Å². The van der Waals surface area contributed by atoms with Gasteiger partial charge in [0.25, 0.3) is 0 Å². The molecule has 2 aliphatic rings. The number of benzene rings is 6. The largest absolute Gasteiger partial charge is 0.508 e. The molecule has 0 amide bonds. The molecular formula is C43H34O9. The van der Waals surface area contributed by atoms with Crippen LogP contribution in [0.1, 0.15) is 68.6 Å². The zero-order chi connectivity index (χ0) is 36.1. The Morgan fingerprint density at radius 1 is 0.423 bits per heavy atom. The fraction of sp³-hybridized carbons (Fsp3) is 0.116. The van der Waals surface area contributed by atoms with Crippen molar-refractivity contribution in [3.8, 4) is 51.7 Å². The van der Waals surface area contributed by atoms with Gasteiger partial charge in [0.1, 0.15) is 64.0 Å². The zero-order valence-corrected chi connectivity index (χ0v) is 27.6. The minimum absolute atomic E-state index is 0.0912. The predicted molar refractivity (Wildman–Crippen MR) is 193 cm³/mol. The van der Waals surface area contributed by atoms with Crippen LogP contribution in [-0.2, 0) is 6.42 Å². The molecule has 0 saturated carbocycles. The normalized spacial score (nSPS) is 18.8. The van der Waals surface area contributed by atoms with Crippen molar-refractivity contribution < 1.29 is 45.2 Å². The maximum absolute atomic E-state index is 10.7. The van der Waals surface area contributed by atoms with Gasteiger partial charge >= 0.3 is 0 Å². The molecule has 9 nitrogen and oxygen atoms in total. The summed E-state index contributed by atoms with van der Waals surface area (Å²) in [5.41, 5.74) is 5.89. The van der Waals surface area contributed by atoms with Crippen molar-refractivity contribution in [2.24, 2.45) is 0 Å². The lowest BCUT2D eigenvalue weighted by Gasteiger charge is -2.24. The Bertz CT molecular complexity index is 2140. The molecule has 6 aromatic carbocycles. The van der Waals surface area contributed by atoms with Crippen LogP contribution >= 0.6 is 0 Å². The molecule has 52 heavy (non-hydrogen) atoms. The Morgan fingerprint density at radius 3 is 1.21 bits per heavy atom. The molecule has 4 atom stereocenters. The average Bonchev–Trinajstić information content (AvgIpc) is 3.68. The average molecular weight is 695 g/mol. The van der Waals surface area contributed by atoms with Gasteiger partial charge < -0.3 is 45.2 Å². The number of allylic oxidation sites excluding steroid dienone is 1. The molecule has 0 unspecified atom stereocenters. The standard InChI is InChI=1S/C43H34O9/c44-28-10-4-23(5-11-28)2-1-3-35-40-36(51-42(24-6-12-29(45)13-7-24)38(40)26-16-31(47)20-32(48)17-26)22-37-41(35)39(27-18-33(49)21-34(50)19-27)43(52-37)25-8-14-30(46)15-9-25/h1,3-22,38-39,42-50H,2H2/b3-1+/t38-,39-,42-,43+/m1/s1. The van der Waals surface area contributed by atoms with E-state index in [0.717, 1.165) is 33.4 Å². The van der Waals surface area contributed by atoms with Gasteiger partial charge in [-0.15, -0.1) is 0 Å². The van der Waals surface area contributed by atoms with E-state index >= 15 is 0 Å². The highest BCUT2D eigenvalue weighted by atomic mass is 16.5. The van der Waals surface area contributed by atoms with Crippen LogP contribution in [0.15, 0.2) is 121 Å². The Hall–Kier alpha value is -6.74. The molecule has 9 heteroatoms. The van der Waals surface area contributed by atoms with E-state index in [2.05, 4.69) is 0 Å². The number of phenolic OH excluding ortho intramolecular Hbond substituents is 7. The van der Waals surface area contributed by atoms with E-state index in [4.69, 9.17) is 9.47 Å². The summed E-state index contributed by atoms with van der Waals surface area (Å²) < 4.78 is 13.5. The minimum atomic E-state index is -0.639. The highest BCUT2D eigenvalue weighted by Crippen LogP contribution is 2.60. The summed E-state index contributed by atoms with van der Waals surface area (Å²) in [6, 6.07) is 31.0. The molecule has 6 aromatic rings. The summed E-state index contributed by atoms with van der Waals surface area (Å²) in [6.07, 6.45) is 3.22. The van der Waals surface area contributed by atoms with Crippen LogP contribution in [0, 0.1) is 0 Å². The first kappa shape index (κ1) is 32.5. The second kappa shape index (κ2) is 12.9. The summed E-state index contributed by atoms with van der Waals surface area (Å²) in [6.45, 7) is 0. The first-order chi connectivity index (χ1) is 25.1. The molecule has 7 N–H and O–H groups in total. The van der Waals surface area contributed by atoms with Crippen LogP contribution in [0.2, 0.25) is 0 Å². The summed E-state index contributed by atoms with van der Waals surface area (Å²) in [7, 11) is 0. The summed E-state index contributed by atoms with van der Waals surface area (Å²) in [5, 5.41) is 72.8. The molecule has 0 bridgehead atoms. The van der Waals surface area contributed by atoms with Crippen LogP contribution in [-0.4, -0.2) is 35.7 Å². The highest BCUT2D eigenvalue weighted by Gasteiger charge is 2.45. The third kappa shape index (κ3) is 6.02. The number of phenols is 7. The van der Waals surface area contributed by atoms with Gasteiger partial charge in [0.05, 0.1) is 11.8 Å². The van der Waals surface area contributed by atoms with Gasteiger partial charge in [0.2, 0.25) is 0 Å². The van der Waals surface area contributed by atoms with Gasteiger partial charge in [-0.3, -0.25) is 0 Å². The van der Waals surface area contributed by atoms with E-state index in [0.29, 0.717) is 29.0 Å². The Kier molecular flexibility index (Phi) is 8.03. The van der Waals surface area contributed by atoms with Gasteiger partial charge in [-0.1, -0.05) is 48.6 Å². The smallest absolute Gasteiger partial charge is 0.135 e. The number of ether oxygens (including phenoxy) is 2. The van der Waals surface area contributed by atoms with Gasteiger partial charge in [-0.2, -0.15) is 0 Å². The molecular weight excluding hydrogens is 660 g/mol. The molecule has 2 heterocycles. The van der Waals surface area contributed by atoms with Gasteiger partial charge in [0.15, 0.2) is 0 Å². The fourth-order valence-electron chi connectivity index (χ4n) is 7.49. The van der Waals surface area contributed by atoms with E-state index in [1.165, 1.54) is 12.1 Å². The zero-order valence-electron chi connectivity index (χ0n) is 27.6. The fourth-order valence-corrected chi connectivity index (χ4v) is 7.49. The van der Waals surface area contributed by atoms with Gasteiger partial charge in [0, 0.05) is 29.3 Å². The van der Waals surface area contributed by atoms with E-state index in [1.54, 1.807) is 84.9 Å². The predicted octanol–water partition coefficient (Wildman–Crippen LogP) is 8.41. The topological polar surface area (TPSA) is 160 Å². The highest BCUT2D eigenvalue weighted by molar-refractivity contribution is 5.74. The van der Waals surface area contributed by atoms with Crippen molar-refractivity contribution in [2.75, 3.05) is 0 Å². The van der Waals surface area contributed by atoms with Crippen LogP contribution in [0.25, 0.3) is 6.08 Å². The van der Waals surface area contributed by atoms with Crippen molar-refractivity contribution in [3.05, 3.63) is 166 Å². The second-order valence-corrected chi connectivity index (χ2v) is 13.2. The minimum Gasteiger partial charge on any atom is -0.508 e. The summed E-state index contributed by atoms with van der Waals surface area (Å²) in [4.78, 5) is 0. The molecule has 0 aromatic heterocycles. The van der Waals surface area contributed by atoms with Crippen molar-refractivity contribution in [3.63, 3.8) is 0 Å². The SMILES string of the molecule is Oc1ccc(C/C=C/c2c3c(cc4c2[C@@H](c2cc(O)cc(O)c2)[C@H](c2ccc(O)cc2)O4)O[C@H](c2ccc(O)cc2)[C@@H]3c2cc(O)cc(O)c2)cc1. The summed E-state index contributed by atoms with van der Waals surface area (Å²) >= 11 is 0. The third-order valence-electron chi connectivity index (χ3n) is 9.69. The lowest BCUT2D eigenvalue weighted by Crippen LogP contribution is -2.14. The van der Waals surface area contributed by atoms with Crippen molar-refractivity contribution in [2.45, 2.75) is 30.5 Å². The Balaban J connectivity index is 1.38. The van der Waals surface area contributed by atoms with E-state index in [1.807, 2.05) is 30.4 Å². The number of hydrogen-bond acceptors (Lipinski definition) is 9. The van der Waals surface area contributed by atoms with Crippen LogP contribution in [0.4, 0.5) is 0 Å². The Labute approximate surface area is 298 Å². The molecule has 8 rings (SSSR count). The van der Waals surface area contributed by atoms with Crippen molar-refractivity contribution in [1.82, 2.24) is 0 Å². The van der Waals surface area contributed by atoms with Crippen molar-refractivity contribution in [1.29, 1.82) is 0 Å². The lowest BCUT2D eigenvalue weighted by atomic mass is 9.77. The van der Waals surface area contributed by atoms with E-state index in [-0.39, 0.29) is 40.2 Å². The summed E-state index contributed by atoms with van der Waals surface area (Å²) in [5.74, 6) is -0.258. The lowest BCUT2D eigenvalue weighted by molar-refractivity contribution is 0.212. The maximum Gasteiger partial charge on any atom is 0.135 e. The van der Waals surface area contributed by atoms with Gasteiger partial charge in [-0.05, 0) is 100 Å². The second-order valence-electron chi connectivity index (χ2n) is 13.2. The Morgan fingerprint density at radius 2 is 0.808 bits per heavy atom. The number of aromatic hydroxyl groups is 7. The maximum atomic E-state index is 10.7. The molecule has 2 aliphatic heterocycles. The van der Waals surface area contributed by atoms with E-state index in [9.17, 15) is 35.7 Å². The third-order valence-corrected chi connectivity index (χ3v) is 9.69. The number of rotatable bonds is 7. The van der Waals surface area contributed by atoms with Crippen molar-refractivity contribution >= 4 is 6.08 Å². The van der Waals surface area contributed by atoms with Crippen LogP contribution < -0.4 is 9.47 Å². The molecule has 0 spiro atoms. The number of hydrogen-bond donors (Lipinski definition) is 7. The molecule has 0 aliphatic carbocycles. The molecule has 0 radical (unpaired) electrons. The van der Waals surface area contributed by atoms with Crippen LogP contribution in [0.3, 0.4) is 0 Å². The molecule has 260 valence electrons. The van der Waals surface area contributed by atoms with E-state index < -0.39 is 24.0 Å².